The Balaban J connectivity index is 3.63. The van der Waals surface area contributed by atoms with Crippen molar-refractivity contribution in [3.05, 3.63) is 17.2 Å². The number of methoxy groups -OCH3 is 4. The van der Waals surface area contributed by atoms with Crippen molar-refractivity contribution in [2.24, 2.45) is 0 Å². The molecule has 0 saturated heterocycles. The number of carbonyl (C=O) groups is 2. The topological polar surface area (TPSA) is 71.1 Å². The number of ether oxygens (including phenoxy) is 4. The fourth-order valence-electron chi connectivity index (χ4n) is 1.57. The summed E-state index contributed by atoms with van der Waals surface area (Å²) < 4.78 is 19.9. The summed E-state index contributed by atoms with van der Waals surface area (Å²) in [6.07, 6.45) is 0.507. The molecule has 6 heteroatoms. The highest BCUT2D eigenvalue weighted by molar-refractivity contribution is 6.01. The van der Waals surface area contributed by atoms with Crippen molar-refractivity contribution in [3.8, 4) is 17.2 Å². The lowest BCUT2D eigenvalue weighted by Crippen LogP contribution is -2.09. The zero-order chi connectivity index (χ0) is 13.7. The molecule has 0 radical (unpaired) electrons. The van der Waals surface area contributed by atoms with Gasteiger partial charge in [-0.25, -0.2) is 4.79 Å². The van der Waals surface area contributed by atoms with Gasteiger partial charge in [0.25, 0.3) is 0 Å². The van der Waals surface area contributed by atoms with Gasteiger partial charge in [-0.2, -0.15) is 0 Å². The molecule has 0 amide bonds. The molecule has 1 aromatic carbocycles. The Morgan fingerprint density at radius 1 is 1.06 bits per heavy atom. The van der Waals surface area contributed by atoms with E-state index in [0.717, 1.165) is 0 Å². The molecule has 0 heterocycles. The second kappa shape index (κ2) is 5.90. The predicted octanol–water partition coefficient (Wildman–Crippen LogP) is 1.31. The Kier molecular flexibility index (Phi) is 4.53. The van der Waals surface area contributed by atoms with Crippen molar-refractivity contribution in [1.82, 2.24) is 0 Å². The summed E-state index contributed by atoms with van der Waals surface area (Å²) >= 11 is 0. The van der Waals surface area contributed by atoms with Crippen LogP contribution in [0, 0.1) is 0 Å². The molecule has 0 bridgehead atoms. The highest BCUT2D eigenvalue weighted by Gasteiger charge is 2.24. The number of hydrogen-bond acceptors (Lipinski definition) is 6. The van der Waals surface area contributed by atoms with Gasteiger partial charge in [0.2, 0.25) is 5.75 Å². The van der Waals surface area contributed by atoms with E-state index in [1.807, 2.05) is 0 Å². The van der Waals surface area contributed by atoms with E-state index in [0.29, 0.717) is 6.29 Å². The second-order valence-electron chi connectivity index (χ2n) is 3.22. The first kappa shape index (κ1) is 13.8. The number of aldehydes is 1. The van der Waals surface area contributed by atoms with E-state index >= 15 is 0 Å². The van der Waals surface area contributed by atoms with E-state index in [9.17, 15) is 9.59 Å². The van der Waals surface area contributed by atoms with Crippen molar-refractivity contribution in [3.63, 3.8) is 0 Å². The zero-order valence-electron chi connectivity index (χ0n) is 10.6. The van der Waals surface area contributed by atoms with Crippen molar-refractivity contribution >= 4 is 12.3 Å². The fraction of sp³-hybridized carbons (Fsp3) is 0.333. The van der Waals surface area contributed by atoms with E-state index in [1.54, 1.807) is 0 Å². The lowest BCUT2D eigenvalue weighted by atomic mass is 10.1. The molecule has 0 spiro atoms. The van der Waals surface area contributed by atoms with Crippen molar-refractivity contribution in [2.75, 3.05) is 28.4 Å². The van der Waals surface area contributed by atoms with Gasteiger partial charge in [0.05, 0.1) is 39.6 Å². The first-order valence-electron chi connectivity index (χ1n) is 5.01. The third kappa shape index (κ3) is 2.22. The van der Waals surface area contributed by atoms with E-state index < -0.39 is 5.97 Å². The maximum absolute atomic E-state index is 11.6. The van der Waals surface area contributed by atoms with Crippen molar-refractivity contribution < 1.29 is 28.5 Å². The van der Waals surface area contributed by atoms with Crippen LogP contribution in [-0.2, 0) is 4.74 Å². The summed E-state index contributed by atoms with van der Waals surface area (Å²) in [6.45, 7) is 0. The summed E-state index contributed by atoms with van der Waals surface area (Å²) in [5.41, 5.74) is 0.115. The summed E-state index contributed by atoms with van der Waals surface area (Å²) in [5.74, 6) is -0.00120. The smallest absolute Gasteiger partial charge is 0.338 e. The summed E-state index contributed by atoms with van der Waals surface area (Å²) in [5, 5.41) is 0. The van der Waals surface area contributed by atoms with Gasteiger partial charge in [-0.3, -0.25) is 4.79 Å². The van der Waals surface area contributed by atoms with Gasteiger partial charge in [0.15, 0.2) is 17.8 Å². The lowest BCUT2D eigenvalue weighted by Gasteiger charge is -2.15. The van der Waals surface area contributed by atoms with Crippen LogP contribution in [0.15, 0.2) is 6.07 Å². The molecule has 0 saturated carbocycles. The molecule has 0 fully saturated rings. The minimum atomic E-state index is -0.656. The molecule has 1 aromatic rings. The number of hydrogen-bond donors (Lipinski definition) is 0. The lowest BCUT2D eigenvalue weighted by molar-refractivity contribution is 0.0597. The standard InChI is InChI=1S/C12H14O6/c1-15-9-5-7(12(14)18-4)8(6-13)10(16-2)11(9)17-3/h5-6H,1-4H3. The van der Waals surface area contributed by atoms with Crippen LogP contribution >= 0.6 is 0 Å². The second-order valence-corrected chi connectivity index (χ2v) is 3.22. The number of carbonyl (C=O) groups excluding carboxylic acids is 2. The van der Waals surface area contributed by atoms with Crippen molar-refractivity contribution in [1.29, 1.82) is 0 Å². The van der Waals surface area contributed by atoms with Crippen LogP contribution in [0.1, 0.15) is 20.7 Å². The predicted molar refractivity (Wildman–Crippen MR) is 62.8 cm³/mol. The molecule has 18 heavy (non-hydrogen) atoms. The van der Waals surface area contributed by atoms with E-state index in [2.05, 4.69) is 4.74 Å². The van der Waals surface area contributed by atoms with E-state index in [4.69, 9.17) is 14.2 Å². The van der Waals surface area contributed by atoms with Gasteiger partial charge in [-0.1, -0.05) is 0 Å². The maximum atomic E-state index is 11.6. The van der Waals surface area contributed by atoms with Crippen molar-refractivity contribution in [2.45, 2.75) is 0 Å². The molecular weight excluding hydrogens is 240 g/mol. The normalized spacial score (nSPS) is 9.56. The molecule has 0 N–H and O–H groups in total. The minimum Gasteiger partial charge on any atom is -0.493 e. The maximum Gasteiger partial charge on any atom is 0.338 e. The quantitative estimate of drug-likeness (QED) is 0.582. The van der Waals surface area contributed by atoms with E-state index in [-0.39, 0.29) is 28.4 Å². The highest BCUT2D eigenvalue weighted by Crippen LogP contribution is 2.41. The first-order valence-corrected chi connectivity index (χ1v) is 5.01. The Labute approximate surface area is 104 Å². The molecule has 98 valence electrons. The minimum absolute atomic E-state index is 0.0574. The summed E-state index contributed by atoms with van der Waals surface area (Å²) in [4.78, 5) is 22.7. The molecule has 1 rings (SSSR count). The van der Waals surface area contributed by atoms with E-state index in [1.165, 1.54) is 34.5 Å². The highest BCUT2D eigenvalue weighted by atomic mass is 16.5. The van der Waals surface area contributed by atoms with Gasteiger partial charge >= 0.3 is 5.97 Å². The molecule has 0 unspecified atom stereocenters. The van der Waals surface area contributed by atoms with Crippen LogP contribution < -0.4 is 14.2 Å². The van der Waals surface area contributed by atoms with Gasteiger partial charge in [-0.05, 0) is 6.07 Å². The molecule has 0 atom stereocenters. The van der Waals surface area contributed by atoms with Crippen LogP contribution in [0.25, 0.3) is 0 Å². The molecule has 6 nitrogen and oxygen atoms in total. The zero-order valence-corrected chi connectivity index (χ0v) is 10.6. The SMILES string of the molecule is COC(=O)c1cc(OC)c(OC)c(OC)c1C=O. The average Bonchev–Trinajstić information content (AvgIpc) is 2.43. The Hall–Kier alpha value is -2.24. The molecule has 0 aliphatic rings. The Morgan fingerprint density at radius 2 is 1.67 bits per heavy atom. The molecule has 0 aliphatic carbocycles. The third-order valence-corrected chi connectivity index (χ3v) is 2.39. The monoisotopic (exact) mass is 254 g/mol. The number of rotatable bonds is 5. The molecular formula is C12H14O6. The van der Waals surface area contributed by atoms with Crippen LogP contribution in [0.2, 0.25) is 0 Å². The number of benzene rings is 1. The van der Waals surface area contributed by atoms with Crippen LogP contribution in [0.4, 0.5) is 0 Å². The largest absolute Gasteiger partial charge is 0.493 e. The Morgan fingerprint density at radius 3 is 2.06 bits per heavy atom. The van der Waals surface area contributed by atoms with Gasteiger partial charge in [-0.15, -0.1) is 0 Å². The number of esters is 1. The third-order valence-electron chi connectivity index (χ3n) is 2.39. The fourth-order valence-corrected chi connectivity index (χ4v) is 1.57. The van der Waals surface area contributed by atoms with Gasteiger partial charge in [0.1, 0.15) is 0 Å². The molecule has 0 aliphatic heterocycles. The molecule has 0 aromatic heterocycles. The van der Waals surface area contributed by atoms with Gasteiger partial charge < -0.3 is 18.9 Å². The summed E-state index contributed by atoms with van der Waals surface area (Å²) in [7, 11) is 5.41. The first-order chi connectivity index (χ1) is 8.64. The van der Waals surface area contributed by atoms with Crippen LogP contribution in [0.3, 0.4) is 0 Å². The average molecular weight is 254 g/mol. The van der Waals surface area contributed by atoms with Crippen LogP contribution in [0.5, 0.6) is 17.2 Å². The van der Waals surface area contributed by atoms with Gasteiger partial charge in [0, 0.05) is 0 Å². The van der Waals surface area contributed by atoms with Crippen LogP contribution in [-0.4, -0.2) is 40.7 Å². The summed E-state index contributed by atoms with van der Waals surface area (Å²) in [6, 6.07) is 1.37. The Bertz CT molecular complexity index is 466.